The van der Waals surface area contributed by atoms with Crippen molar-refractivity contribution in [3.05, 3.63) is 108 Å². The van der Waals surface area contributed by atoms with E-state index in [9.17, 15) is 4.79 Å². The van der Waals surface area contributed by atoms with Crippen molar-refractivity contribution >= 4 is 17.8 Å². The summed E-state index contributed by atoms with van der Waals surface area (Å²) >= 11 is 0. The molecule has 3 heteroatoms. The molecule has 138 valence electrons. The molecule has 28 heavy (non-hydrogen) atoms. The number of nitrogens with zero attached hydrogens (tertiary/aromatic N) is 1. The van der Waals surface area contributed by atoms with E-state index in [-0.39, 0.29) is 5.78 Å². The van der Waals surface area contributed by atoms with Gasteiger partial charge in [-0.05, 0) is 11.4 Å². The van der Waals surface area contributed by atoms with Gasteiger partial charge in [-0.3, -0.25) is 9.79 Å². The van der Waals surface area contributed by atoms with Crippen LogP contribution in [0.5, 0.6) is 0 Å². The van der Waals surface area contributed by atoms with Gasteiger partial charge < -0.3 is 0 Å². The summed E-state index contributed by atoms with van der Waals surface area (Å²) in [6.07, 6.45) is 3.87. The van der Waals surface area contributed by atoms with Crippen LogP contribution in [0.1, 0.15) is 40.7 Å². The van der Waals surface area contributed by atoms with Crippen molar-refractivity contribution < 1.29 is 9.79 Å². The summed E-state index contributed by atoms with van der Waals surface area (Å²) in [7, 11) is 0. The molecule has 3 aromatic rings. The van der Waals surface area contributed by atoms with Crippen LogP contribution in [-0.2, 0) is 5.54 Å². The van der Waals surface area contributed by atoms with Gasteiger partial charge in [0.1, 0.15) is 0 Å². The van der Waals surface area contributed by atoms with E-state index >= 15 is 0 Å². The molecular weight excluding hydrogens is 344 g/mol. The zero-order valence-corrected chi connectivity index (χ0v) is 15.7. The van der Waals surface area contributed by atoms with Gasteiger partial charge in [-0.15, -0.1) is 0 Å². The van der Waals surface area contributed by atoms with Crippen molar-refractivity contribution in [2.75, 3.05) is 0 Å². The van der Waals surface area contributed by atoms with Gasteiger partial charge in [0.25, 0.3) is 6.34 Å². The molecule has 0 spiro atoms. The number of ketones is 1. The van der Waals surface area contributed by atoms with Crippen LogP contribution in [0.4, 0.5) is 0 Å². The molecule has 1 aliphatic rings. The summed E-state index contributed by atoms with van der Waals surface area (Å²) in [5.41, 5.74) is 3.63. The average Bonchev–Trinajstić information content (AvgIpc) is 3.20. The van der Waals surface area contributed by atoms with E-state index in [1.807, 2.05) is 54.6 Å². The molecule has 0 aromatic heterocycles. The predicted octanol–water partition coefficient (Wildman–Crippen LogP) is 3.55. The number of benzene rings is 3. The number of carbonyl (C=O) groups is 1. The van der Waals surface area contributed by atoms with Crippen LogP contribution in [0.15, 0.2) is 96.0 Å². The number of nitrogens with one attached hydrogen (secondary N) is 1. The van der Waals surface area contributed by atoms with Crippen LogP contribution in [0.25, 0.3) is 0 Å². The first kappa shape index (κ1) is 18.1. The monoisotopic (exact) mass is 367 g/mol. The second kappa shape index (κ2) is 8.13. The molecule has 0 radical (unpaired) electrons. The molecule has 1 heterocycles. The Morgan fingerprint density at radius 3 is 2.11 bits per heavy atom. The first-order valence-corrected chi connectivity index (χ1v) is 9.66. The third kappa shape index (κ3) is 3.56. The lowest BCUT2D eigenvalue weighted by molar-refractivity contribution is -0.532. The minimum absolute atomic E-state index is 0.184. The maximum absolute atomic E-state index is 12.6. The van der Waals surface area contributed by atoms with Gasteiger partial charge in [-0.1, -0.05) is 91.0 Å². The number of aliphatic imine (C=N–C) groups is 1. The van der Waals surface area contributed by atoms with Gasteiger partial charge in [0, 0.05) is 29.5 Å². The van der Waals surface area contributed by atoms with Gasteiger partial charge in [0.15, 0.2) is 11.3 Å². The highest BCUT2D eigenvalue weighted by Crippen LogP contribution is 2.29. The van der Waals surface area contributed by atoms with Crippen molar-refractivity contribution in [3.8, 4) is 0 Å². The van der Waals surface area contributed by atoms with Crippen LogP contribution < -0.4 is 4.99 Å². The molecule has 0 bridgehead atoms. The summed E-state index contributed by atoms with van der Waals surface area (Å²) < 4.78 is 0. The summed E-state index contributed by atoms with van der Waals surface area (Å²) in [5, 5.41) is 0. The lowest BCUT2D eigenvalue weighted by Crippen LogP contribution is -2.83. The number of rotatable bonds is 7. The molecule has 0 aliphatic carbocycles. The van der Waals surface area contributed by atoms with E-state index in [0.29, 0.717) is 6.42 Å². The molecule has 1 atom stereocenters. The van der Waals surface area contributed by atoms with E-state index in [2.05, 4.69) is 46.4 Å². The van der Waals surface area contributed by atoms with E-state index in [0.717, 1.165) is 29.7 Å². The molecule has 3 aromatic carbocycles. The fourth-order valence-electron chi connectivity index (χ4n) is 3.86. The third-order valence-electron chi connectivity index (χ3n) is 5.27. The first-order valence-electron chi connectivity index (χ1n) is 9.66. The largest absolute Gasteiger partial charge is 0.294 e. The second-order valence-electron chi connectivity index (χ2n) is 7.03. The highest BCUT2D eigenvalue weighted by molar-refractivity contribution is 6.10. The number of Topliss-reactive ketones (excluding diaryl/α,β-unsaturated/α-hetero) is 1. The summed E-state index contributed by atoms with van der Waals surface area (Å²) in [4.78, 5) is 20.7. The Bertz CT molecular complexity index is 994. The molecule has 4 rings (SSSR count). The summed E-state index contributed by atoms with van der Waals surface area (Å²) in [6, 6.07) is 30.2. The minimum atomic E-state index is -0.417. The Kier molecular flexibility index (Phi) is 5.24. The van der Waals surface area contributed by atoms with Crippen LogP contribution in [0.2, 0.25) is 0 Å². The van der Waals surface area contributed by atoms with E-state index in [4.69, 9.17) is 0 Å². The molecule has 0 saturated carbocycles. The number of hydrogen-bond donors (Lipinski definition) is 1. The maximum atomic E-state index is 12.6. The quantitative estimate of drug-likeness (QED) is 0.638. The summed E-state index contributed by atoms with van der Waals surface area (Å²) in [5.74, 6) is 0.184. The van der Waals surface area contributed by atoms with E-state index in [1.165, 1.54) is 5.56 Å². The Hall–Kier alpha value is -3.33. The Labute approximate surface area is 165 Å². The number of carbonyl (C=O) groups excluding carboxylic acids is 1. The van der Waals surface area contributed by atoms with Crippen LogP contribution in [-0.4, -0.2) is 17.8 Å². The topological polar surface area (TPSA) is 43.4 Å². The van der Waals surface area contributed by atoms with Crippen molar-refractivity contribution in [1.82, 2.24) is 0 Å². The lowest BCUT2D eigenvalue weighted by Gasteiger charge is -2.24. The Morgan fingerprint density at radius 2 is 1.43 bits per heavy atom. The van der Waals surface area contributed by atoms with Gasteiger partial charge in [-0.2, -0.15) is 0 Å². The molecule has 1 N–H and O–H groups in total. The highest BCUT2D eigenvalue weighted by Gasteiger charge is 2.45. The fourth-order valence-corrected chi connectivity index (χ4v) is 3.86. The zero-order valence-electron chi connectivity index (χ0n) is 15.7. The average molecular weight is 367 g/mol. The highest BCUT2D eigenvalue weighted by atomic mass is 16.1. The van der Waals surface area contributed by atoms with Crippen LogP contribution in [0.3, 0.4) is 0 Å². The zero-order chi connectivity index (χ0) is 19.2. The number of hydrogen-bond acceptors (Lipinski definition) is 2. The second-order valence-corrected chi connectivity index (χ2v) is 7.03. The molecule has 0 saturated heterocycles. The molecule has 3 nitrogen and oxygen atoms in total. The van der Waals surface area contributed by atoms with Gasteiger partial charge in [0.05, 0.1) is 0 Å². The van der Waals surface area contributed by atoms with E-state index < -0.39 is 5.54 Å². The SMILES string of the molecule is O=C(CCCC1(c2ccccc2)[NH+]=CN=C1c1ccccc1)c1ccccc1. The third-order valence-corrected chi connectivity index (χ3v) is 5.27. The standard InChI is InChI=1S/C25H22N2O/c28-23(20-11-4-1-5-12-20)17-10-18-25(22-15-8-3-9-16-22)24(26-19-27-25)21-13-6-2-7-14-21/h1-9,11-16,19H,10,17-18H2/p+1. The normalized spacial score (nSPS) is 18.1. The molecule has 1 unspecified atom stereocenters. The first-order chi connectivity index (χ1) is 13.8. The van der Waals surface area contributed by atoms with Crippen molar-refractivity contribution in [2.24, 2.45) is 4.99 Å². The van der Waals surface area contributed by atoms with Crippen molar-refractivity contribution in [1.29, 1.82) is 0 Å². The van der Waals surface area contributed by atoms with Crippen molar-refractivity contribution in [2.45, 2.75) is 24.8 Å². The Morgan fingerprint density at radius 1 is 0.821 bits per heavy atom. The van der Waals surface area contributed by atoms with Gasteiger partial charge in [0.2, 0.25) is 5.71 Å². The summed E-state index contributed by atoms with van der Waals surface area (Å²) in [6.45, 7) is 0. The Balaban J connectivity index is 1.59. The molecule has 1 aliphatic heterocycles. The van der Waals surface area contributed by atoms with Gasteiger partial charge in [-0.25, -0.2) is 0 Å². The molecular formula is C25H23N2O+. The van der Waals surface area contributed by atoms with Crippen molar-refractivity contribution in [3.63, 3.8) is 0 Å². The van der Waals surface area contributed by atoms with Gasteiger partial charge >= 0.3 is 0 Å². The minimum Gasteiger partial charge on any atom is -0.294 e. The predicted molar refractivity (Wildman–Crippen MR) is 113 cm³/mol. The van der Waals surface area contributed by atoms with Crippen LogP contribution >= 0.6 is 0 Å². The molecule has 0 amide bonds. The van der Waals surface area contributed by atoms with E-state index in [1.54, 1.807) is 6.34 Å². The lowest BCUT2D eigenvalue weighted by atomic mass is 9.78. The molecule has 0 fully saturated rings. The maximum Gasteiger partial charge on any atom is 0.281 e. The van der Waals surface area contributed by atoms with Crippen LogP contribution in [0, 0.1) is 0 Å². The smallest absolute Gasteiger partial charge is 0.281 e. The fraction of sp³-hybridized carbons (Fsp3) is 0.160.